The van der Waals surface area contributed by atoms with Crippen LogP contribution in [0.5, 0.6) is 0 Å². The van der Waals surface area contributed by atoms with Crippen molar-refractivity contribution in [2.45, 2.75) is 39.7 Å². The van der Waals surface area contributed by atoms with E-state index in [4.69, 9.17) is 5.11 Å². The number of hydrogen-bond donors (Lipinski definition) is 2. The van der Waals surface area contributed by atoms with Gasteiger partial charge in [0.05, 0.1) is 12.2 Å². The van der Waals surface area contributed by atoms with Gasteiger partial charge in [0, 0.05) is 29.9 Å². The topological polar surface area (TPSA) is 129 Å². The number of aromatic amines is 1. The Morgan fingerprint density at radius 2 is 2.15 bits per heavy atom. The molecule has 27 heavy (non-hydrogen) atoms. The lowest BCUT2D eigenvalue weighted by Gasteiger charge is -2.27. The van der Waals surface area contributed by atoms with E-state index in [9.17, 15) is 9.59 Å². The van der Waals surface area contributed by atoms with E-state index in [1.807, 2.05) is 13.8 Å². The molecule has 4 heterocycles. The summed E-state index contributed by atoms with van der Waals surface area (Å²) in [5, 5.41) is 19.9. The molecule has 0 saturated carbocycles. The van der Waals surface area contributed by atoms with Crippen molar-refractivity contribution < 1.29 is 14.7 Å². The molecule has 0 unspecified atom stereocenters. The first-order chi connectivity index (χ1) is 13.0. The number of amides is 1. The number of carbonyl (C=O) groups is 2. The normalized spacial score (nSPS) is 13.8. The number of nitrogens with zero attached hydrogens (tertiary/aromatic N) is 6. The molecule has 1 amide bonds. The lowest BCUT2D eigenvalue weighted by Crippen LogP contribution is -2.36. The van der Waals surface area contributed by atoms with Crippen LogP contribution in [0.4, 0.5) is 0 Å². The van der Waals surface area contributed by atoms with Gasteiger partial charge in [-0.1, -0.05) is 0 Å². The Morgan fingerprint density at radius 3 is 2.93 bits per heavy atom. The molecule has 1 aliphatic rings. The quantitative estimate of drug-likeness (QED) is 0.692. The van der Waals surface area contributed by atoms with Gasteiger partial charge in [0.25, 0.3) is 5.78 Å². The molecular weight excluding hydrogens is 350 g/mol. The number of rotatable bonds is 4. The number of H-pyrrole nitrogens is 1. The van der Waals surface area contributed by atoms with Crippen molar-refractivity contribution in [1.82, 2.24) is 34.7 Å². The first-order valence-electron chi connectivity index (χ1n) is 8.68. The summed E-state index contributed by atoms with van der Waals surface area (Å²) in [5.41, 5.74) is 4.22. The molecule has 0 bridgehead atoms. The van der Waals surface area contributed by atoms with Gasteiger partial charge in [-0.25, -0.2) is 14.3 Å². The number of aromatic nitrogens is 6. The Labute approximate surface area is 154 Å². The van der Waals surface area contributed by atoms with Crippen LogP contribution in [0.3, 0.4) is 0 Å². The van der Waals surface area contributed by atoms with Crippen LogP contribution in [-0.2, 0) is 24.2 Å². The molecule has 1 aliphatic heterocycles. The van der Waals surface area contributed by atoms with Crippen molar-refractivity contribution in [3.8, 4) is 0 Å². The highest BCUT2D eigenvalue weighted by molar-refractivity contribution is 5.87. The summed E-state index contributed by atoms with van der Waals surface area (Å²) in [4.78, 5) is 34.1. The molecule has 10 nitrogen and oxygen atoms in total. The molecule has 0 aromatic carbocycles. The second-order valence-corrected chi connectivity index (χ2v) is 6.63. The fourth-order valence-corrected chi connectivity index (χ4v) is 3.62. The average Bonchev–Trinajstić information content (AvgIpc) is 3.27. The SMILES string of the molecule is Cc1nc2ncnn2c(C)c1CCC(=O)N1CCc2c(C(=O)O)n[nH]c2C1. The van der Waals surface area contributed by atoms with Crippen LogP contribution in [-0.4, -0.2) is 58.2 Å². The number of fused-ring (bicyclic) bond motifs is 2. The van der Waals surface area contributed by atoms with Crippen LogP contribution in [0.2, 0.25) is 0 Å². The fraction of sp³-hybridized carbons (Fsp3) is 0.412. The standard InChI is InChI=1S/C17H19N7O3/c1-9-11(10(2)24-17(20-9)18-8-19-24)3-4-14(25)23-6-5-12-13(7-23)21-22-15(12)16(26)27/h8H,3-7H2,1-2H3,(H,21,22)(H,26,27). The van der Waals surface area contributed by atoms with Crippen molar-refractivity contribution in [2.75, 3.05) is 6.54 Å². The first kappa shape index (κ1) is 17.1. The molecular formula is C17H19N7O3. The molecule has 0 spiro atoms. The molecule has 140 valence electrons. The van der Waals surface area contributed by atoms with E-state index < -0.39 is 5.97 Å². The van der Waals surface area contributed by atoms with Crippen molar-refractivity contribution in [3.05, 3.63) is 40.2 Å². The van der Waals surface area contributed by atoms with Gasteiger partial charge in [-0.15, -0.1) is 0 Å². The number of aromatic carboxylic acids is 1. The van der Waals surface area contributed by atoms with Crippen molar-refractivity contribution in [1.29, 1.82) is 0 Å². The van der Waals surface area contributed by atoms with E-state index in [1.165, 1.54) is 6.33 Å². The summed E-state index contributed by atoms with van der Waals surface area (Å²) in [6.07, 6.45) is 2.86. The van der Waals surface area contributed by atoms with Gasteiger partial charge in [-0.3, -0.25) is 9.89 Å². The van der Waals surface area contributed by atoms with Gasteiger partial charge < -0.3 is 10.0 Å². The lowest BCUT2D eigenvalue weighted by molar-refractivity contribution is -0.132. The van der Waals surface area contributed by atoms with Crippen molar-refractivity contribution >= 4 is 17.7 Å². The Balaban J connectivity index is 1.47. The summed E-state index contributed by atoms with van der Waals surface area (Å²) in [5.74, 6) is -0.476. The van der Waals surface area contributed by atoms with E-state index in [0.29, 0.717) is 49.4 Å². The maximum absolute atomic E-state index is 12.7. The molecule has 0 atom stereocenters. The molecule has 3 aromatic rings. The lowest BCUT2D eigenvalue weighted by atomic mass is 10.0. The maximum atomic E-state index is 12.7. The van der Waals surface area contributed by atoms with Crippen molar-refractivity contribution in [3.63, 3.8) is 0 Å². The molecule has 10 heteroatoms. The Kier molecular flexibility index (Phi) is 4.09. The van der Waals surface area contributed by atoms with E-state index in [0.717, 1.165) is 17.0 Å². The van der Waals surface area contributed by atoms with E-state index in [1.54, 1.807) is 9.42 Å². The highest BCUT2D eigenvalue weighted by atomic mass is 16.4. The average molecular weight is 369 g/mol. The van der Waals surface area contributed by atoms with E-state index in [-0.39, 0.29) is 11.6 Å². The van der Waals surface area contributed by atoms with Gasteiger partial charge in [-0.2, -0.15) is 15.2 Å². The van der Waals surface area contributed by atoms with E-state index >= 15 is 0 Å². The van der Waals surface area contributed by atoms with E-state index in [2.05, 4.69) is 25.3 Å². The monoisotopic (exact) mass is 369 g/mol. The third-order valence-electron chi connectivity index (χ3n) is 5.07. The number of nitrogens with one attached hydrogen (secondary N) is 1. The Morgan fingerprint density at radius 1 is 1.33 bits per heavy atom. The third kappa shape index (κ3) is 2.92. The third-order valence-corrected chi connectivity index (χ3v) is 5.07. The summed E-state index contributed by atoms with van der Waals surface area (Å²) in [6.45, 7) is 4.70. The van der Waals surface area contributed by atoms with Gasteiger partial charge >= 0.3 is 5.97 Å². The second-order valence-electron chi connectivity index (χ2n) is 6.63. The molecule has 4 rings (SSSR count). The van der Waals surface area contributed by atoms with Crippen LogP contribution in [0.25, 0.3) is 5.78 Å². The van der Waals surface area contributed by atoms with Crippen LogP contribution in [0.15, 0.2) is 6.33 Å². The largest absolute Gasteiger partial charge is 0.476 e. The second kappa shape index (κ2) is 6.45. The van der Waals surface area contributed by atoms with Crippen LogP contribution in [0, 0.1) is 13.8 Å². The zero-order valence-electron chi connectivity index (χ0n) is 15.1. The number of carboxylic acid groups (broad SMARTS) is 1. The van der Waals surface area contributed by atoms with Crippen LogP contribution < -0.4 is 0 Å². The number of carboxylic acids is 1. The number of aryl methyl sites for hydroxylation is 2. The summed E-state index contributed by atoms with van der Waals surface area (Å²) >= 11 is 0. The van der Waals surface area contributed by atoms with Gasteiger partial charge in [0.1, 0.15) is 6.33 Å². The predicted molar refractivity (Wildman–Crippen MR) is 93.2 cm³/mol. The maximum Gasteiger partial charge on any atom is 0.356 e. The molecule has 0 fully saturated rings. The molecule has 0 aliphatic carbocycles. The zero-order chi connectivity index (χ0) is 19.1. The number of carbonyl (C=O) groups excluding carboxylic acids is 1. The van der Waals surface area contributed by atoms with Gasteiger partial charge in [0.15, 0.2) is 5.69 Å². The number of hydrogen-bond acceptors (Lipinski definition) is 6. The molecule has 0 radical (unpaired) electrons. The van der Waals surface area contributed by atoms with Gasteiger partial charge in [0.2, 0.25) is 5.91 Å². The smallest absolute Gasteiger partial charge is 0.356 e. The Hall–Kier alpha value is -3.30. The molecule has 3 aromatic heterocycles. The molecule has 0 saturated heterocycles. The predicted octanol–water partition coefficient (Wildman–Crippen LogP) is 0.680. The molecule has 2 N–H and O–H groups in total. The first-order valence-corrected chi connectivity index (χ1v) is 8.68. The minimum atomic E-state index is -1.05. The summed E-state index contributed by atoms with van der Waals surface area (Å²) < 4.78 is 1.68. The van der Waals surface area contributed by atoms with Crippen LogP contribution >= 0.6 is 0 Å². The minimum absolute atomic E-state index is 0.0182. The summed E-state index contributed by atoms with van der Waals surface area (Å²) in [7, 11) is 0. The Bertz CT molecular complexity index is 1050. The van der Waals surface area contributed by atoms with Gasteiger partial charge in [-0.05, 0) is 32.3 Å². The fourth-order valence-electron chi connectivity index (χ4n) is 3.62. The minimum Gasteiger partial charge on any atom is -0.476 e. The highest BCUT2D eigenvalue weighted by Gasteiger charge is 2.27. The summed E-state index contributed by atoms with van der Waals surface area (Å²) in [6, 6.07) is 0. The van der Waals surface area contributed by atoms with Crippen LogP contribution in [0.1, 0.15) is 45.1 Å². The zero-order valence-corrected chi connectivity index (χ0v) is 15.1. The van der Waals surface area contributed by atoms with Crippen molar-refractivity contribution in [2.24, 2.45) is 0 Å². The highest BCUT2D eigenvalue weighted by Crippen LogP contribution is 2.22.